The van der Waals surface area contributed by atoms with Crippen LogP contribution < -0.4 is 15.1 Å². The van der Waals surface area contributed by atoms with Gasteiger partial charge in [-0.3, -0.25) is 9.69 Å². The molecule has 1 aromatic carbocycles. The number of nitrogens with one attached hydrogen (secondary N) is 1. The summed E-state index contributed by atoms with van der Waals surface area (Å²) in [5, 5.41) is 4.21. The van der Waals surface area contributed by atoms with Crippen LogP contribution in [0.25, 0.3) is 10.3 Å². The van der Waals surface area contributed by atoms with Crippen molar-refractivity contribution in [3.05, 3.63) is 48.7 Å². The van der Waals surface area contributed by atoms with Gasteiger partial charge in [0, 0.05) is 63.6 Å². The Morgan fingerprint density at radius 2 is 1.76 bits per heavy atom. The average molecular weight is 465 g/mol. The number of rotatable bonds is 7. The molecule has 174 valence electrons. The van der Waals surface area contributed by atoms with Gasteiger partial charge in [-0.15, -0.1) is 0 Å². The van der Waals surface area contributed by atoms with Crippen LogP contribution in [0.3, 0.4) is 0 Å². The summed E-state index contributed by atoms with van der Waals surface area (Å²) in [6.45, 7) is 7.88. The van der Waals surface area contributed by atoms with Crippen molar-refractivity contribution in [3.63, 3.8) is 0 Å². The summed E-state index contributed by atoms with van der Waals surface area (Å²) in [7, 11) is 0. The number of fused-ring (bicyclic) bond motifs is 1. The molecular formula is C25H32N6OS. The molecule has 0 atom stereocenters. The lowest BCUT2D eigenvalue weighted by molar-refractivity contribution is -0.125. The van der Waals surface area contributed by atoms with Crippen LogP contribution in [0.1, 0.15) is 19.3 Å². The number of nitrogens with zero attached hydrogens (tertiary/aromatic N) is 5. The molecule has 0 radical (unpaired) electrons. The summed E-state index contributed by atoms with van der Waals surface area (Å²) >= 11 is 1.64. The maximum Gasteiger partial charge on any atom is 0.223 e. The highest BCUT2D eigenvalue weighted by atomic mass is 32.1. The second-order valence-corrected chi connectivity index (χ2v) is 9.85. The number of thiazole rings is 1. The van der Waals surface area contributed by atoms with Crippen molar-refractivity contribution in [2.24, 2.45) is 5.92 Å². The first-order chi connectivity index (χ1) is 16.3. The number of benzene rings is 1. The number of piperazine rings is 1. The van der Waals surface area contributed by atoms with Gasteiger partial charge < -0.3 is 15.1 Å². The van der Waals surface area contributed by atoms with Gasteiger partial charge in [-0.05, 0) is 50.1 Å². The van der Waals surface area contributed by atoms with Crippen molar-refractivity contribution >= 4 is 38.4 Å². The van der Waals surface area contributed by atoms with Crippen LogP contribution >= 0.6 is 11.3 Å². The minimum Gasteiger partial charge on any atom is -0.369 e. The molecule has 5 rings (SSSR count). The highest BCUT2D eigenvalue weighted by molar-refractivity contribution is 7.21. The third-order valence-electron chi connectivity index (χ3n) is 6.74. The Morgan fingerprint density at radius 1 is 0.970 bits per heavy atom. The molecule has 0 bridgehead atoms. The molecular weight excluding hydrogens is 432 g/mol. The SMILES string of the molecule is O=C(NCCCN1CCN(c2ccccc2)CC1)C1CCN(c2nc3cccnc3s2)CC1. The molecule has 1 N–H and O–H groups in total. The number of hydrogen-bond donors (Lipinski definition) is 1. The number of para-hydroxylation sites is 1. The highest BCUT2D eigenvalue weighted by Crippen LogP contribution is 2.30. The molecule has 2 aromatic heterocycles. The van der Waals surface area contributed by atoms with E-state index in [1.54, 1.807) is 11.3 Å². The smallest absolute Gasteiger partial charge is 0.223 e. The van der Waals surface area contributed by atoms with Crippen LogP contribution in [0, 0.1) is 5.92 Å². The Morgan fingerprint density at radius 3 is 2.52 bits per heavy atom. The highest BCUT2D eigenvalue weighted by Gasteiger charge is 2.26. The van der Waals surface area contributed by atoms with Crippen molar-refractivity contribution in [2.45, 2.75) is 19.3 Å². The van der Waals surface area contributed by atoms with Crippen LogP contribution in [0.2, 0.25) is 0 Å². The maximum atomic E-state index is 12.7. The maximum absolute atomic E-state index is 12.7. The van der Waals surface area contributed by atoms with E-state index in [1.165, 1.54) is 5.69 Å². The summed E-state index contributed by atoms with van der Waals surface area (Å²) in [5.74, 6) is 0.331. The Hall–Kier alpha value is -2.71. The summed E-state index contributed by atoms with van der Waals surface area (Å²) in [5.41, 5.74) is 2.27. The predicted octanol–water partition coefficient (Wildman–Crippen LogP) is 3.24. The van der Waals surface area contributed by atoms with Gasteiger partial charge in [-0.25, -0.2) is 9.97 Å². The molecule has 0 spiro atoms. The lowest BCUT2D eigenvalue weighted by Crippen LogP contribution is -2.47. The molecule has 1 amide bonds. The first kappa shape index (κ1) is 22.1. The largest absolute Gasteiger partial charge is 0.369 e. The van der Waals surface area contributed by atoms with Crippen molar-refractivity contribution in [1.29, 1.82) is 0 Å². The van der Waals surface area contributed by atoms with E-state index in [0.717, 1.165) is 87.1 Å². The Labute approximate surface area is 199 Å². The van der Waals surface area contributed by atoms with Gasteiger partial charge in [0.2, 0.25) is 5.91 Å². The Kier molecular flexibility index (Phi) is 7.02. The van der Waals surface area contributed by atoms with Crippen molar-refractivity contribution in [2.75, 3.05) is 62.2 Å². The van der Waals surface area contributed by atoms with Gasteiger partial charge in [0.1, 0.15) is 10.3 Å². The summed E-state index contributed by atoms with van der Waals surface area (Å²) < 4.78 is 0. The normalized spacial score (nSPS) is 18.1. The zero-order chi connectivity index (χ0) is 22.5. The van der Waals surface area contributed by atoms with E-state index in [4.69, 9.17) is 4.98 Å². The molecule has 2 aliphatic rings. The fourth-order valence-electron chi connectivity index (χ4n) is 4.75. The molecule has 8 heteroatoms. The lowest BCUT2D eigenvalue weighted by Gasteiger charge is -2.36. The minimum atomic E-state index is 0.114. The summed E-state index contributed by atoms with van der Waals surface area (Å²) in [4.78, 5) is 30.0. The molecule has 2 aliphatic heterocycles. The monoisotopic (exact) mass is 464 g/mol. The molecule has 33 heavy (non-hydrogen) atoms. The molecule has 0 unspecified atom stereocenters. The number of hydrogen-bond acceptors (Lipinski definition) is 7. The van der Waals surface area contributed by atoms with Gasteiger partial charge in [-0.2, -0.15) is 0 Å². The third kappa shape index (κ3) is 5.45. The van der Waals surface area contributed by atoms with E-state index in [0.29, 0.717) is 0 Å². The Balaban J connectivity index is 0.987. The molecule has 3 aromatic rings. The molecule has 2 saturated heterocycles. The Bertz CT molecular complexity index is 1010. The number of carbonyl (C=O) groups is 1. The second-order valence-electron chi connectivity index (χ2n) is 8.89. The fourth-order valence-corrected chi connectivity index (χ4v) is 5.71. The van der Waals surface area contributed by atoms with Crippen molar-refractivity contribution in [3.8, 4) is 0 Å². The number of anilines is 2. The minimum absolute atomic E-state index is 0.114. The molecule has 2 fully saturated rings. The third-order valence-corrected chi connectivity index (χ3v) is 7.78. The zero-order valence-corrected chi connectivity index (χ0v) is 19.8. The molecule has 0 aliphatic carbocycles. The summed E-state index contributed by atoms with van der Waals surface area (Å²) in [6.07, 6.45) is 4.59. The number of aromatic nitrogens is 2. The first-order valence-corrected chi connectivity index (χ1v) is 12.8. The van der Waals surface area contributed by atoms with E-state index >= 15 is 0 Å². The van der Waals surface area contributed by atoms with E-state index in [9.17, 15) is 4.79 Å². The van der Waals surface area contributed by atoms with Gasteiger partial charge in [0.05, 0.1) is 0 Å². The molecule has 7 nitrogen and oxygen atoms in total. The first-order valence-electron chi connectivity index (χ1n) is 12.0. The second kappa shape index (κ2) is 10.5. The summed E-state index contributed by atoms with van der Waals surface area (Å²) in [6, 6.07) is 14.6. The van der Waals surface area contributed by atoms with Gasteiger partial charge >= 0.3 is 0 Å². The number of carbonyl (C=O) groups excluding carboxylic acids is 1. The standard InChI is InChI=1S/C25H32N6OS/c32-23(20-9-14-31(15-10-20)25-28-22-8-4-11-27-24(22)33-25)26-12-5-13-29-16-18-30(19-17-29)21-6-2-1-3-7-21/h1-4,6-8,11,20H,5,9-10,12-19H2,(H,26,32). The average Bonchev–Trinajstić information content (AvgIpc) is 3.32. The van der Waals surface area contributed by atoms with Crippen molar-refractivity contribution < 1.29 is 4.79 Å². The van der Waals surface area contributed by atoms with Crippen LogP contribution in [-0.2, 0) is 4.79 Å². The van der Waals surface area contributed by atoms with Gasteiger partial charge in [0.25, 0.3) is 0 Å². The van der Waals surface area contributed by atoms with Crippen LogP contribution in [0.5, 0.6) is 0 Å². The van der Waals surface area contributed by atoms with Crippen LogP contribution in [0.4, 0.5) is 10.8 Å². The van der Waals surface area contributed by atoms with E-state index in [1.807, 2.05) is 18.3 Å². The van der Waals surface area contributed by atoms with E-state index < -0.39 is 0 Å². The number of amides is 1. The van der Waals surface area contributed by atoms with Gasteiger partial charge in [-0.1, -0.05) is 29.5 Å². The quantitative estimate of drug-likeness (QED) is 0.542. The topological polar surface area (TPSA) is 64.6 Å². The van der Waals surface area contributed by atoms with Gasteiger partial charge in [0.15, 0.2) is 5.13 Å². The van der Waals surface area contributed by atoms with Crippen LogP contribution in [-0.4, -0.2) is 73.1 Å². The fraction of sp³-hybridized carbons (Fsp3) is 0.480. The number of piperidine rings is 1. The van der Waals surface area contributed by atoms with E-state index in [-0.39, 0.29) is 11.8 Å². The van der Waals surface area contributed by atoms with E-state index in [2.05, 4.69) is 55.3 Å². The van der Waals surface area contributed by atoms with Crippen LogP contribution in [0.15, 0.2) is 48.7 Å². The number of pyridine rings is 1. The molecule has 0 saturated carbocycles. The van der Waals surface area contributed by atoms with Crippen molar-refractivity contribution in [1.82, 2.24) is 20.2 Å². The lowest BCUT2D eigenvalue weighted by atomic mass is 9.96. The molecule has 4 heterocycles. The zero-order valence-electron chi connectivity index (χ0n) is 19.0. The predicted molar refractivity (Wildman–Crippen MR) is 135 cm³/mol.